The smallest absolute Gasteiger partial charge is 0.338 e. The van der Waals surface area contributed by atoms with Crippen molar-refractivity contribution < 1.29 is 19.1 Å². The molecule has 20 heavy (non-hydrogen) atoms. The Morgan fingerprint density at radius 3 is 2.80 bits per heavy atom. The van der Waals surface area contributed by atoms with Gasteiger partial charge in [-0.2, -0.15) is 5.10 Å². The van der Waals surface area contributed by atoms with Crippen LogP contribution in [0.15, 0.2) is 35.1 Å². The van der Waals surface area contributed by atoms with Crippen LogP contribution in [0.1, 0.15) is 10.4 Å². The van der Waals surface area contributed by atoms with Crippen LogP contribution in [0.5, 0.6) is 0 Å². The van der Waals surface area contributed by atoms with Crippen molar-refractivity contribution in [2.45, 2.75) is 6.54 Å². The van der Waals surface area contributed by atoms with Gasteiger partial charge >= 0.3 is 5.97 Å². The van der Waals surface area contributed by atoms with E-state index in [1.807, 2.05) is 0 Å². The molecule has 104 valence electrons. The fraction of sp³-hybridized carbons (Fsp3) is 0.0833. The van der Waals surface area contributed by atoms with Crippen LogP contribution in [0.3, 0.4) is 0 Å². The lowest BCUT2D eigenvalue weighted by Crippen LogP contribution is -2.19. The maximum atomic E-state index is 13.5. The van der Waals surface area contributed by atoms with Crippen LogP contribution in [0, 0.1) is 5.82 Å². The fourth-order valence-corrected chi connectivity index (χ4v) is 1.82. The van der Waals surface area contributed by atoms with E-state index in [9.17, 15) is 14.0 Å². The summed E-state index contributed by atoms with van der Waals surface area (Å²) in [4.78, 5) is 22.4. The molecule has 2 rings (SSSR count). The first-order chi connectivity index (χ1) is 9.45. The molecule has 0 aliphatic heterocycles. The molecule has 0 atom stereocenters. The summed E-state index contributed by atoms with van der Waals surface area (Å²) in [6.45, 7) is -0.206. The van der Waals surface area contributed by atoms with E-state index in [-0.39, 0.29) is 17.8 Å². The summed E-state index contributed by atoms with van der Waals surface area (Å²) in [6, 6.07) is 4.24. The zero-order valence-corrected chi connectivity index (χ0v) is 11.6. The number of hydrogen-bond acceptors (Lipinski definition) is 3. The van der Waals surface area contributed by atoms with Crippen LogP contribution >= 0.6 is 15.9 Å². The zero-order valence-electron chi connectivity index (χ0n) is 10.0. The molecular weight excluding hydrogens is 333 g/mol. The van der Waals surface area contributed by atoms with Gasteiger partial charge in [0.1, 0.15) is 12.4 Å². The fourth-order valence-electron chi connectivity index (χ4n) is 1.49. The van der Waals surface area contributed by atoms with Crippen LogP contribution in [-0.4, -0.2) is 26.8 Å². The van der Waals surface area contributed by atoms with E-state index < -0.39 is 17.7 Å². The van der Waals surface area contributed by atoms with Crippen molar-refractivity contribution in [2.24, 2.45) is 0 Å². The van der Waals surface area contributed by atoms with E-state index in [1.165, 1.54) is 18.3 Å². The van der Waals surface area contributed by atoms with Crippen molar-refractivity contribution in [3.8, 4) is 0 Å². The van der Waals surface area contributed by atoms with Gasteiger partial charge in [0.2, 0.25) is 5.91 Å². The summed E-state index contributed by atoms with van der Waals surface area (Å²) in [5, 5.41) is 14.8. The normalized spacial score (nSPS) is 10.3. The summed E-state index contributed by atoms with van der Waals surface area (Å²) in [6.07, 6.45) is 2.36. The molecule has 8 heteroatoms. The first kappa shape index (κ1) is 14.2. The Balaban J connectivity index is 2.03. The highest BCUT2D eigenvalue weighted by Crippen LogP contribution is 2.19. The number of carboxylic acid groups (broad SMARTS) is 1. The minimum Gasteiger partial charge on any atom is -0.478 e. The molecule has 0 aliphatic rings. The van der Waals surface area contributed by atoms with Crippen LogP contribution in [0.25, 0.3) is 0 Å². The highest BCUT2D eigenvalue weighted by Gasteiger charge is 2.11. The maximum absolute atomic E-state index is 13.5. The van der Waals surface area contributed by atoms with Gasteiger partial charge in [-0.3, -0.25) is 9.48 Å². The Morgan fingerprint density at radius 1 is 1.45 bits per heavy atom. The van der Waals surface area contributed by atoms with Gasteiger partial charge in [-0.25, -0.2) is 9.18 Å². The van der Waals surface area contributed by atoms with E-state index in [0.29, 0.717) is 4.47 Å². The second kappa shape index (κ2) is 5.83. The number of rotatable bonds is 4. The Hall–Kier alpha value is -2.22. The van der Waals surface area contributed by atoms with Crippen LogP contribution < -0.4 is 5.32 Å². The minimum absolute atomic E-state index is 0.0207. The summed E-state index contributed by atoms with van der Waals surface area (Å²) in [5.41, 5.74) is 0.0245. The monoisotopic (exact) mass is 341 g/mol. The van der Waals surface area contributed by atoms with Crippen molar-refractivity contribution in [2.75, 3.05) is 5.32 Å². The van der Waals surface area contributed by atoms with Gasteiger partial charge in [0.15, 0.2) is 0 Å². The zero-order chi connectivity index (χ0) is 14.7. The van der Waals surface area contributed by atoms with E-state index in [1.54, 1.807) is 6.07 Å². The molecule has 0 unspecified atom stereocenters. The van der Waals surface area contributed by atoms with Crippen molar-refractivity contribution >= 4 is 33.5 Å². The number of carboxylic acids is 1. The number of anilines is 1. The summed E-state index contributed by atoms with van der Waals surface area (Å²) in [7, 11) is 0. The molecule has 0 aliphatic carbocycles. The number of benzene rings is 1. The lowest BCUT2D eigenvalue weighted by molar-refractivity contribution is -0.116. The van der Waals surface area contributed by atoms with Gasteiger partial charge < -0.3 is 10.4 Å². The standard InChI is InChI=1S/C12H9BrFN3O3/c13-8-1-2-10(9(14)3-8)16-11(18)6-17-5-7(4-15-17)12(19)20/h1-5H,6H2,(H,16,18)(H,19,20). The van der Waals surface area contributed by atoms with Crippen LogP contribution in [0.4, 0.5) is 10.1 Å². The third kappa shape index (κ3) is 3.41. The molecule has 0 saturated heterocycles. The Bertz CT molecular complexity index is 672. The molecule has 1 aromatic carbocycles. The Kier molecular flexibility index (Phi) is 4.14. The number of halogens is 2. The molecular formula is C12H9BrFN3O3. The number of amides is 1. The van der Waals surface area contributed by atoms with Gasteiger partial charge in [0.25, 0.3) is 0 Å². The Morgan fingerprint density at radius 2 is 2.20 bits per heavy atom. The van der Waals surface area contributed by atoms with Crippen molar-refractivity contribution in [1.29, 1.82) is 0 Å². The lowest BCUT2D eigenvalue weighted by Gasteiger charge is -2.06. The van der Waals surface area contributed by atoms with Crippen molar-refractivity contribution in [3.63, 3.8) is 0 Å². The van der Waals surface area contributed by atoms with Gasteiger partial charge in [-0.1, -0.05) is 15.9 Å². The summed E-state index contributed by atoms with van der Waals surface area (Å²) < 4.78 is 15.2. The molecule has 0 radical (unpaired) electrons. The first-order valence-electron chi connectivity index (χ1n) is 5.46. The molecule has 6 nitrogen and oxygen atoms in total. The lowest BCUT2D eigenvalue weighted by atomic mass is 10.3. The predicted molar refractivity (Wildman–Crippen MR) is 71.9 cm³/mol. The maximum Gasteiger partial charge on any atom is 0.338 e. The molecule has 0 bridgehead atoms. The molecule has 1 heterocycles. The second-order valence-corrected chi connectivity index (χ2v) is 4.82. The molecule has 0 saturated carbocycles. The highest BCUT2D eigenvalue weighted by molar-refractivity contribution is 9.10. The van der Waals surface area contributed by atoms with Crippen LogP contribution in [-0.2, 0) is 11.3 Å². The molecule has 1 aromatic heterocycles. The van der Waals surface area contributed by atoms with Gasteiger partial charge in [-0.05, 0) is 18.2 Å². The van der Waals surface area contributed by atoms with Crippen molar-refractivity contribution in [1.82, 2.24) is 9.78 Å². The average molecular weight is 342 g/mol. The number of aromatic carboxylic acids is 1. The average Bonchev–Trinajstić information content (AvgIpc) is 2.81. The Labute approximate surface area is 121 Å². The number of nitrogens with zero attached hydrogens (tertiary/aromatic N) is 2. The number of carbonyl (C=O) groups is 2. The van der Waals surface area contributed by atoms with Gasteiger partial charge in [-0.15, -0.1) is 0 Å². The number of aromatic nitrogens is 2. The van der Waals surface area contributed by atoms with E-state index in [0.717, 1.165) is 10.9 Å². The third-order valence-corrected chi connectivity index (χ3v) is 2.88. The van der Waals surface area contributed by atoms with E-state index in [4.69, 9.17) is 5.11 Å². The van der Waals surface area contributed by atoms with Crippen molar-refractivity contribution in [3.05, 3.63) is 46.4 Å². The SMILES string of the molecule is O=C(Cn1cc(C(=O)O)cn1)Nc1ccc(Br)cc1F. The van der Waals surface area contributed by atoms with E-state index in [2.05, 4.69) is 26.3 Å². The molecule has 2 aromatic rings. The summed E-state index contributed by atoms with van der Waals surface area (Å²) >= 11 is 3.11. The first-order valence-corrected chi connectivity index (χ1v) is 6.25. The largest absolute Gasteiger partial charge is 0.478 e. The summed E-state index contributed by atoms with van der Waals surface area (Å²) in [5.74, 6) is -2.21. The minimum atomic E-state index is -1.13. The van der Waals surface area contributed by atoms with Crippen LogP contribution in [0.2, 0.25) is 0 Å². The quantitative estimate of drug-likeness (QED) is 0.892. The highest BCUT2D eigenvalue weighted by atomic mass is 79.9. The molecule has 0 fully saturated rings. The number of nitrogens with one attached hydrogen (secondary N) is 1. The second-order valence-electron chi connectivity index (χ2n) is 3.90. The number of hydrogen-bond donors (Lipinski definition) is 2. The topological polar surface area (TPSA) is 84.2 Å². The molecule has 0 spiro atoms. The molecule has 2 N–H and O–H groups in total. The van der Waals surface area contributed by atoms with Gasteiger partial charge in [0.05, 0.1) is 17.4 Å². The van der Waals surface area contributed by atoms with Gasteiger partial charge in [0, 0.05) is 10.7 Å². The predicted octanol–water partition coefficient (Wildman–Crippen LogP) is 2.12. The number of carbonyl (C=O) groups excluding carboxylic acids is 1. The van der Waals surface area contributed by atoms with E-state index >= 15 is 0 Å². The third-order valence-electron chi connectivity index (χ3n) is 2.39. The molecule has 1 amide bonds.